The molecule has 2 rings (SSSR count). The first kappa shape index (κ1) is 10.4. The maximum Gasteiger partial charge on any atom is 0.413 e. The SMILES string of the molecule is Cc1cnc2c(c1)C=C(C=O)CN2C(=O)O. The number of hydrogen-bond donors (Lipinski definition) is 1. The zero-order chi connectivity index (χ0) is 11.7. The van der Waals surface area contributed by atoms with Crippen molar-refractivity contribution >= 4 is 24.3 Å². The minimum atomic E-state index is -1.11. The van der Waals surface area contributed by atoms with E-state index in [0.717, 1.165) is 10.5 Å². The molecule has 0 aromatic carbocycles. The highest BCUT2D eigenvalue weighted by Gasteiger charge is 2.23. The van der Waals surface area contributed by atoms with E-state index < -0.39 is 6.09 Å². The number of carbonyl (C=O) groups is 2. The second-order valence-corrected chi connectivity index (χ2v) is 3.63. The Hall–Kier alpha value is -2.17. The van der Waals surface area contributed by atoms with Crippen LogP contribution in [0.2, 0.25) is 0 Å². The van der Waals surface area contributed by atoms with E-state index in [-0.39, 0.29) is 6.54 Å². The topological polar surface area (TPSA) is 70.5 Å². The van der Waals surface area contributed by atoms with Crippen LogP contribution in [0.25, 0.3) is 6.08 Å². The smallest absolute Gasteiger partial charge is 0.413 e. The van der Waals surface area contributed by atoms with Gasteiger partial charge in [0.25, 0.3) is 0 Å². The van der Waals surface area contributed by atoms with Crippen molar-refractivity contribution in [3.63, 3.8) is 0 Å². The van der Waals surface area contributed by atoms with Gasteiger partial charge in [0.15, 0.2) is 0 Å². The van der Waals surface area contributed by atoms with Crippen molar-refractivity contribution in [2.75, 3.05) is 11.4 Å². The molecule has 1 aliphatic rings. The highest BCUT2D eigenvalue weighted by atomic mass is 16.4. The summed E-state index contributed by atoms with van der Waals surface area (Å²) in [6, 6.07) is 1.81. The van der Waals surface area contributed by atoms with E-state index in [1.807, 2.05) is 6.92 Å². The standard InChI is InChI=1S/C11H10N2O3/c1-7-2-9-3-8(6-14)5-13(11(15)16)10(9)12-4-7/h2-4,6H,5H2,1H3,(H,15,16). The van der Waals surface area contributed by atoms with Gasteiger partial charge in [0.1, 0.15) is 12.1 Å². The Balaban J connectivity index is 2.57. The fraction of sp³-hybridized carbons (Fsp3) is 0.182. The number of aldehydes is 1. The Morgan fingerprint density at radius 3 is 3.00 bits per heavy atom. The maximum absolute atomic E-state index is 11.0. The number of amides is 1. The number of carboxylic acid groups (broad SMARTS) is 1. The summed E-state index contributed by atoms with van der Waals surface area (Å²) >= 11 is 0. The van der Waals surface area contributed by atoms with Gasteiger partial charge in [-0.05, 0) is 24.6 Å². The molecule has 0 radical (unpaired) electrons. The first-order valence-corrected chi connectivity index (χ1v) is 4.74. The van der Waals surface area contributed by atoms with Crippen molar-refractivity contribution in [1.29, 1.82) is 0 Å². The van der Waals surface area contributed by atoms with Crippen LogP contribution in [-0.2, 0) is 4.79 Å². The monoisotopic (exact) mass is 218 g/mol. The summed E-state index contributed by atoms with van der Waals surface area (Å²) in [4.78, 5) is 26.9. The van der Waals surface area contributed by atoms with Gasteiger partial charge in [-0.1, -0.05) is 0 Å². The molecule has 5 nitrogen and oxygen atoms in total. The fourth-order valence-electron chi connectivity index (χ4n) is 1.65. The van der Waals surface area contributed by atoms with Gasteiger partial charge in [0.05, 0.1) is 6.54 Å². The molecule has 0 spiro atoms. The van der Waals surface area contributed by atoms with Gasteiger partial charge in [0, 0.05) is 17.3 Å². The van der Waals surface area contributed by atoms with E-state index in [2.05, 4.69) is 4.98 Å². The maximum atomic E-state index is 11.0. The minimum absolute atomic E-state index is 0.0574. The molecular weight excluding hydrogens is 208 g/mol. The Morgan fingerprint density at radius 2 is 2.38 bits per heavy atom. The van der Waals surface area contributed by atoms with Crippen molar-refractivity contribution in [2.45, 2.75) is 6.92 Å². The summed E-state index contributed by atoms with van der Waals surface area (Å²) in [7, 11) is 0. The summed E-state index contributed by atoms with van der Waals surface area (Å²) < 4.78 is 0. The second-order valence-electron chi connectivity index (χ2n) is 3.63. The Bertz CT molecular complexity index is 494. The number of aryl methyl sites for hydroxylation is 1. The average Bonchev–Trinajstić information content (AvgIpc) is 2.26. The molecule has 1 N–H and O–H groups in total. The van der Waals surface area contributed by atoms with Crippen LogP contribution in [0, 0.1) is 6.92 Å². The highest BCUT2D eigenvalue weighted by molar-refractivity contribution is 5.96. The van der Waals surface area contributed by atoms with Gasteiger partial charge in [-0.3, -0.25) is 9.69 Å². The van der Waals surface area contributed by atoms with E-state index in [1.54, 1.807) is 18.3 Å². The molecule has 2 heterocycles. The van der Waals surface area contributed by atoms with E-state index in [4.69, 9.17) is 5.11 Å². The predicted molar refractivity (Wildman–Crippen MR) is 58.4 cm³/mol. The van der Waals surface area contributed by atoms with Crippen LogP contribution in [-0.4, -0.2) is 29.0 Å². The van der Waals surface area contributed by atoms with Crippen LogP contribution >= 0.6 is 0 Å². The van der Waals surface area contributed by atoms with E-state index in [1.165, 1.54) is 0 Å². The molecule has 16 heavy (non-hydrogen) atoms. The van der Waals surface area contributed by atoms with Crippen molar-refractivity contribution < 1.29 is 14.7 Å². The third-order valence-electron chi connectivity index (χ3n) is 2.35. The molecule has 0 aliphatic carbocycles. The van der Waals surface area contributed by atoms with Crippen LogP contribution in [0.3, 0.4) is 0 Å². The molecule has 0 saturated carbocycles. The van der Waals surface area contributed by atoms with Crippen molar-refractivity contribution in [1.82, 2.24) is 4.98 Å². The summed E-state index contributed by atoms with van der Waals surface area (Å²) in [5, 5.41) is 9.01. The Labute approximate surface area is 92.0 Å². The van der Waals surface area contributed by atoms with Crippen molar-refractivity contribution in [2.24, 2.45) is 0 Å². The normalized spacial score (nSPS) is 14.1. The molecule has 1 amide bonds. The molecule has 0 unspecified atom stereocenters. The number of rotatable bonds is 1. The van der Waals surface area contributed by atoms with Crippen LogP contribution < -0.4 is 4.90 Å². The molecule has 1 aliphatic heterocycles. The lowest BCUT2D eigenvalue weighted by Gasteiger charge is -2.24. The number of pyridine rings is 1. The average molecular weight is 218 g/mol. The quantitative estimate of drug-likeness (QED) is 0.724. The van der Waals surface area contributed by atoms with Crippen LogP contribution in [0.5, 0.6) is 0 Å². The van der Waals surface area contributed by atoms with E-state index >= 15 is 0 Å². The molecule has 0 bridgehead atoms. The van der Waals surface area contributed by atoms with Gasteiger partial charge >= 0.3 is 6.09 Å². The second kappa shape index (κ2) is 3.77. The molecule has 5 heteroatoms. The van der Waals surface area contributed by atoms with Gasteiger partial charge in [-0.2, -0.15) is 0 Å². The van der Waals surface area contributed by atoms with Crippen molar-refractivity contribution in [3.05, 3.63) is 29.0 Å². The van der Waals surface area contributed by atoms with Crippen LogP contribution in [0.1, 0.15) is 11.1 Å². The lowest BCUT2D eigenvalue weighted by molar-refractivity contribution is -0.104. The first-order valence-electron chi connectivity index (χ1n) is 4.74. The zero-order valence-corrected chi connectivity index (χ0v) is 8.67. The number of aromatic nitrogens is 1. The van der Waals surface area contributed by atoms with Crippen LogP contribution in [0.15, 0.2) is 17.8 Å². The predicted octanol–water partition coefficient (Wildman–Crippen LogP) is 1.47. The molecule has 0 atom stereocenters. The Morgan fingerprint density at radius 1 is 1.62 bits per heavy atom. The third kappa shape index (κ3) is 1.67. The number of nitrogens with zero attached hydrogens (tertiary/aromatic N) is 2. The molecule has 82 valence electrons. The van der Waals surface area contributed by atoms with Gasteiger partial charge < -0.3 is 5.11 Å². The zero-order valence-electron chi connectivity index (χ0n) is 8.67. The van der Waals surface area contributed by atoms with Gasteiger partial charge in [-0.25, -0.2) is 9.78 Å². The molecular formula is C11H10N2O3. The number of anilines is 1. The fourth-order valence-corrected chi connectivity index (χ4v) is 1.65. The summed E-state index contributed by atoms with van der Waals surface area (Å²) in [5.41, 5.74) is 2.02. The largest absolute Gasteiger partial charge is 0.465 e. The molecule has 1 aromatic heterocycles. The van der Waals surface area contributed by atoms with E-state index in [9.17, 15) is 9.59 Å². The number of hydrogen-bond acceptors (Lipinski definition) is 3. The lowest BCUT2D eigenvalue weighted by atomic mass is 10.1. The first-order chi connectivity index (χ1) is 7.61. The summed E-state index contributed by atoms with van der Waals surface area (Å²) in [6.07, 6.45) is 2.84. The number of fused-ring (bicyclic) bond motifs is 1. The minimum Gasteiger partial charge on any atom is -0.465 e. The lowest BCUT2D eigenvalue weighted by Crippen LogP contribution is -2.34. The number of carbonyl (C=O) groups excluding carboxylic acids is 1. The van der Waals surface area contributed by atoms with Gasteiger partial charge in [0.2, 0.25) is 0 Å². The Kier molecular flexibility index (Phi) is 2.44. The summed E-state index contributed by atoms with van der Waals surface area (Å²) in [5.74, 6) is 0.378. The van der Waals surface area contributed by atoms with Gasteiger partial charge in [-0.15, -0.1) is 0 Å². The summed E-state index contributed by atoms with van der Waals surface area (Å²) in [6.45, 7) is 1.92. The molecule has 0 fully saturated rings. The molecule has 1 aromatic rings. The van der Waals surface area contributed by atoms with Crippen LogP contribution in [0.4, 0.5) is 10.6 Å². The van der Waals surface area contributed by atoms with Crippen molar-refractivity contribution in [3.8, 4) is 0 Å². The third-order valence-corrected chi connectivity index (χ3v) is 2.35. The van der Waals surface area contributed by atoms with E-state index in [0.29, 0.717) is 23.2 Å². The highest BCUT2D eigenvalue weighted by Crippen LogP contribution is 2.26. The molecule has 0 saturated heterocycles.